The first kappa shape index (κ1) is 26.4. The number of carbonyl (C=O) groups is 1. The lowest BCUT2D eigenvalue weighted by Crippen LogP contribution is -2.51. The van der Waals surface area contributed by atoms with Crippen molar-refractivity contribution in [3.8, 4) is 0 Å². The first-order valence-corrected chi connectivity index (χ1v) is 15.6. The van der Waals surface area contributed by atoms with Gasteiger partial charge in [-0.05, 0) is 104 Å². The number of ether oxygens (including phenoxy) is 1. The molecule has 206 valence electrons. The number of fused-ring (bicyclic) bond motifs is 5. The van der Waals surface area contributed by atoms with Crippen LogP contribution in [0.1, 0.15) is 97.5 Å². The Morgan fingerprint density at radius 3 is 2.58 bits per heavy atom. The summed E-state index contributed by atoms with van der Waals surface area (Å²) in [6, 6.07) is 10.3. The van der Waals surface area contributed by atoms with Gasteiger partial charge < -0.3 is 9.84 Å². The molecule has 1 aliphatic heterocycles. The molecule has 0 saturated heterocycles. The minimum absolute atomic E-state index is 0.00507. The predicted molar refractivity (Wildman–Crippen MR) is 152 cm³/mol. The van der Waals surface area contributed by atoms with E-state index in [-0.39, 0.29) is 18.2 Å². The molecule has 0 amide bonds. The summed E-state index contributed by atoms with van der Waals surface area (Å²) in [4.78, 5) is 13.3. The Labute approximate surface area is 230 Å². The van der Waals surface area contributed by atoms with Crippen LogP contribution in [0.4, 0.5) is 0 Å². The average molecular weight is 517 g/mol. The van der Waals surface area contributed by atoms with Crippen molar-refractivity contribution in [2.75, 3.05) is 0 Å². The normalized spacial score (nSPS) is 41.5. The summed E-state index contributed by atoms with van der Waals surface area (Å²) in [7, 11) is 0. The van der Waals surface area contributed by atoms with Gasteiger partial charge in [0, 0.05) is 18.4 Å². The number of hydrogen-bond donors (Lipinski definition) is 1. The van der Waals surface area contributed by atoms with E-state index in [1.54, 1.807) is 5.57 Å². The topological polar surface area (TPSA) is 46.5 Å². The molecule has 38 heavy (non-hydrogen) atoms. The number of cyclic esters (lactones) is 1. The molecule has 6 rings (SSSR count). The Morgan fingerprint density at radius 1 is 1.03 bits per heavy atom. The molecule has 1 N–H and O–H groups in total. The SMILES string of the molecule is CCC1=C(Cc2ccccc2)C(=O)O[C@@H]([C@@H](C)[C@H]2CC[C@H]3[C@@H]4CC=C5C[C@@H](O)CC[C@]5(C)[C@H]4CC[C@]23C)C1. The summed E-state index contributed by atoms with van der Waals surface area (Å²) in [6.45, 7) is 9.70. The first-order valence-electron chi connectivity index (χ1n) is 15.6. The van der Waals surface area contributed by atoms with Crippen molar-refractivity contribution in [3.05, 3.63) is 58.7 Å². The van der Waals surface area contributed by atoms with E-state index >= 15 is 0 Å². The summed E-state index contributed by atoms with van der Waals surface area (Å²) in [5.74, 6) is 3.24. The lowest BCUT2D eigenvalue weighted by Gasteiger charge is -2.58. The average Bonchev–Trinajstić information content (AvgIpc) is 3.27. The number of aliphatic hydroxyl groups is 1. The van der Waals surface area contributed by atoms with E-state index in [4.69, 9.17) is 4.74 Å². The molecule has 4 aliphatic carbocycles. The van der Waals surface area contributed by atoms with Gasteiger partial charge in [0.15, 0.2) is 0 Å². The molecule has 5 aliphatic rings. The minimum atomic E-state index is -0.134. The van der Waals surface area contributed by atoms with Crippen LogP contribution in [-0.2, 0) is 16.0 Å². The zero-order valence-electron chi connectivity index (χ0n) is 24.0. The van der Waals surface area contributed by atoms with E-state index in [1.165, 1.54) is 43.2 Å². The van der Waals surface area contributed by atoms with Crippen molar-refractivity contribution in [2.24, 2.45) is 40.4 Å². The molecule has 0 aromatic heterocycles. The molecular weight excluding hydrogens is 468 g/mol. The standard InChI is InChI=1S/C35H48O3/c1-5-24-20-32(38-33(37)28(24)19-23-9-7-6-8-10-23)22(2)29-13-14-30-27-12-11-25-21-26(36)15-17-34(25,3)31(27)16-18-35(29,30)4/h6-11,22,26-27,29-32,36H,5,12-21H2,1-4H3/t22-,26-,27-,29+,30-,31-,32+,34-,35+/m0/s1. The number of carbonyl (C=O) groups excluding carboxylic acids is 1. The maximum absolute atomic E-state index is 13.3. The van der Waals surface area contributed by atoms with Crippen LogP contribution in [0.15, 0.2) is 53.1 Å². The zero-order valence-corrected chi connectivity index (χ0v) is 24.0. The van der Waals surface area contributed by atoms with Crippen LogP contribution in [0.25, 0.3) is 0 Å². The third kappa shape index (κ3) is 4.23. The molecular formula is C35H48O3. The second-order valence-electron chi connectivity index (χ2n) is 14.0. The summed E-state index contributed by atoms with van der Waals surface area (Å²) in [5.41, 5.74) is 5.58. The number of rotatable bonds is 5. The molecule has 1 heterocycles. The van der Waals surface area contributed by atoms with Gasteiger partial charge in [0.25, 0.3) is 0 Å². The first-order chi connectivity index (χ1) is 18.2. The molecule has 3 nitrogen and oxygen atoms in total. The maximum Gasteiger partial charge on any atom is 0.334 e. The highest BCUT2D eigenvalue weighted by Gasteiger charge is 2.60. The second-order valence-corrected chi connectivity index (χ2v) is 14.0. The summed E-state index contributed by atoms with van der Waals surface area (Å²) in [5, 5.41) is 10.3. The third-order valence-electron chi connectivity index (χ3n) is 12.4. The Morgan fingerprint density at radius 2 is 1.82 bits per heavy atom. The highest BCUT2D eigenvalue weighted by atomic mass is 16.5. The molecule has 0 spiro atoms. The van der Waals surface area contributed by atoms with Crippen LogP contribution in [-0.4, -0.2) is 23.3 Å². The maximum atomic E-state index is 13.3. The van der Waals surface area contributed by atoms with Crippen LogP contribution in [0.5, 0.6) is 0 Å². The zero-order chi connectivity index (χ0) is 26.7. The molecule has 9 atom stereocenters. The van der Waals surface area contributed by atoms with Gasteiger partial charge in [-0.1, -0.05) is 75.2 Å². The van der Waals surface area contributed by atoms with Crippen molar-refractivity contribution in [1.82, 2.24) is 0 Å². The summed E-state index contributed by atoms with van der Waals surface area (Å²) in [6.07, 6.45) is 14.4. The van der Waals surface area contributed by atoms with Crippen molar-refractivity contribution in [1.29, 1.82) is 0 Å². The van der Waals surface area contributed by atoms with E-state index in [1.807, 2.05) is 18.2 Å². The van der Waals surface area contributed by atoms with Crippen LogP contribution in [0.3, 0.4) is 0 Å². The van der Waals surface area contributed by atoms with Gasteiger partial charge in [-0.2, -0.15) is 0 Å². The lowest BCUT2D eigenvalue weighted by atomic mass is 9.47. The van der Waals surface area contributed by atoms with Gasteiger partial charge in [-0.15, -0.1) is 0 Å². The summed E-state index contributed by atoms with van der Waals surface area (Å²) >= 11 is 0. The quantitative estimate of drug-likeness (QED) is 0.320. The largest absolute Gasteiger partial charge is 0.458 e. The molecule has 0 radical (unpaired) electrons. The third-order valence-corrected chi connectivity index (χ3v) is 12.4. The Balaban J connectivity index is 1.20. The van der Waals surface area contributed by atoms with Gasteiger partial charge in [-0.3, -0.25) is 0 Å². The fraction of sp³-hybridized carbons (Fsp3) is 0.686. The fourth-order valence-electron chi connectivity index (χ4n) is 10.2. The second kappa shape index (κ2) is 9.95. The molecule has 3 heteroatoms. The molecule has 1 aromatic carbocycles. The van der Waals surface area contributed by atoms with E-state index in [0.29, 0.717) is 29.1 Å². The van der Waals surface area contributed by atoms with Gasteiger partial charge in [-0.25, -0.2) is 4.79 Å². The highest BCUT2D eigenvalue weighted by molar-refractivity contribution is 5.91. The molecule has 0 unspecified atom stereocenters. The van der Waals surface area contributed by atoms with Crippen LogP contribution < -0.4 is 0 Å². The number of aliphatic hydroxyl groups excluding tert-OH is 1. The minimum Gasteiger partial charge on any atom is -0.458 e. The lowest BCUT2D eigenvalue weighted by molar-refractivity contribution is -0.152. The van der Waals surface area contributed by atoms with Crippen molar-refractivity contribution in [3.63, 3.8) is 0 Å². The van der Waals surface area contributed by atoms with Crippen molar-refractivity contribution >= 4 is 5.97 Å². The van der Waals surface area contributed by atoms with Gasteiger partial charge in [0.1, 0.15) is 6.10 Å². The van der Waals surface area contributed by atoms with Gasteiger partial charge >= 0.3 is 5.97 Å². The predicted octanol–water partition coefficient (Wildman–Crippen LogP) is 7.83. The van der Waals surface area contributed by atoms with Crippen LogP contribution >= 0.6 is 0 Å². The van der Waals surface area contributed by atoms with E-state index < -0.39 is 0 Å². The fourth-order valence-corrected chi connectivity index (χ4v) is 10.2. The molecule has 3 saturated carbocycles. The van der Waals surface area contributed by atoms with E-state index in [9.17, 15) is 9.90 Å². The van der Waals surface area contributed by atoms with Crippen LogP contribution in [0, 0.1) is 40.4 Å². The Bertz CT molecular complexity index is 1120. The van der Waals surface area contributed by atoms with Crippen molar-refractivity contribution < 1.29 is 14.6 Å². The number of benzene rings is 1. The number of esters is 1. The number of allylic oxidation sites excluding steroid dienone is 1. The highest BCUT2D eigenvalue weighted by Crippen LogP contribution is 2.67. The van der Waals surface area contributed by atoms with Gasteiger partial charge in [0.05, 0.1) is 6.10 Å². The van der Waals surface area contributed by atoms with Crippen LogP contribution in [0.2, 0.25) is 0 Å². The molecule has 1 aromatic rings. The van der Waals surface area contributed by atoms with Crippen molar-refractivity contribution in [2.45, 2.75) is 111 Å². The van der Waals surface area contributed by atoms with Gasteiger partial charge in [0.2, 0.25) is 0 Å². The number of hydrogen-bond acceptors (Lipinski definition) is 3. The monoisotopic (exact) mass is 516 g/mol. The molecule has 3 fully saturated rings. The molecule has 0 bridgehead atoms. The smallest absolute Gasteiger partial charge is 0.334 e. The summed E-state index contributed by atoms with van der Waals surface area (Å²) < 4.78 is 6.28. The van der Waals surface area contributed by atoms with E-state index in [0.717, 1.165) is 55.4 Å². The Hall–Kier alpha value is -1.87. The Kier molecular flexibility index (Phi) is 6.90. The van der Waals surface area contributed by atoms with E-state index in [2.05, 4.69) is 45.9 Å².